The average Bonchev–Trinajstić information content (AvgIpc) is 3.14. The van der Waals surface area contributed by atoms with Crippen molar-refractivity contribution in [1.29, 1.82) is 0 Å². The molecule has 1 heterocycles. The first-order valence-corrected chi connectivity index (χ1v) is 11.2. The number of amides is 1. The summed E-state index contributed by atoms with van der Waals surface area (Å²) in [6.07, 6.45) is 0. The molecule has 1 aliphatic rings. The summed E-state index contributed by atoms with van der Waals surface area (Å²) >= 11 is 6.06. The molecule has 0 aliphatic carbocycles. The number of hydrogen-bond acceptors (Lipinski definition) is 6. The lowest BCUT2D eigenvalue weighted by Crippen LogP contribution is -2.29. The van der Waals surface area contributed by atoms with E-state index in [0.29, 0.717) is 33.1 Å². The van der Waals surface area contributed by atoms with Crippen LogP contribution >= 0.6 is 11.6 Å². The van der Waals surface area contributed by atoms with Crippen molar-refractivity contribution in [3.05, 3.63) is 100 Å². The molecule has 3 aromatic carbocycles. The van der Waals surface area contributed by atoms with Crippen LogP contribution in [0, 0.1) is 0 Å². The highest BCUT2D eigenvalue weighted by atomic mass is 35.5. The van der Waals surface area contributed by atoms with Gasteiger partial charge in [-0.3, -0.25) is 14.5 Å². The van der Waals surface area contributed by atoms with Gasteiger partial charge in [-0.25, -0.2) is 4.79 Å². The number of rotatable bonds is 6. The third kappa shape index (κ3) is 4.63. The second-order valence-electron chi connectivity index (χ2n) is 7.72. The Morgan fingerprint density at radius 2 is 1.54 bits per heavy atom. The van der Waals surface area contributed by atoms with Gasteiger partial charge >= 0.3 is 5.97 Å². The molecule has 8 heteroatoms. The standard InChI is InChI=1S/C27H22ClNO6/c1-3-35-27(33)18-6-12-20(13-7-18)29-23(16-4-10-19(28)11-5-16)22(25(31)26(29)32)24(30)17-8-14-21(34-2)15-9-17/h4-15,23,30H,3H2,1-2H3/b24-22+/t23-/m1/s1. The van der Waals surface area contributed by atoms with Crippen LogP contribution in [0.1, 0.15) is 34.5 Å². The van der Waals surface area contributed by atoms with Gasteiger partial charge in [0, 0.05) is 16.3 Å². The summed E-state index contributed by atoms with van der Waals surface area (Å²) in [6.45, 7) is 1.94. The lowest BCUT2D eigenvalue weighted by atomic mass is 9.95. The largest absolute Gasteiger partial charge is 0.507 e. The molecule has 178 valence electrons. The zero-order chi connectivity index (χ0) is 25.1. The monoisotopic (exact) mass is 491 g/mol. The van der Waals surface area contributed by atoms with Crippen LogP contribution in [-0.2, 0) is 14.3 Å². The first kappa shape index (κ1) is 24.0. The Kier molecular flexibility index (Phi) is 6.89. The predicted octanol–water partition coefficient (Wildman–Crippen LogP) is 5.15. The van der Waals surface area contributed by atoms with Crippen LogP contribution < -0.4 is 9.64 Å². The molecule has 1 saturated heterocycles. The van der Waals surface area contributed by atoms with Crippen molar-refractivity contribution in [2.75, 3.05) is 18.6 Å². The number of carbonyl (C=O) groups is 3. The van der Waals surface area contributed by atoms with E-state index in [9.17, 15) is 19.5 Å². The summed E-state index contributed by atoms with van der Waals surface area (Å²) < 4.78 is 10.2. The van der Waals surface area contributed by atoms with Gasteiger partial charge in [0.1, 0.15) is 11.5 Å². The Morgan fingerprint density at radius 1 is 0.943 bits per heavy atom. The molecule has 1 fully saturated rings. The van der Waals surface area contributed by atoms with Gasteiger partial charge in [0.05, 0.1) is 30.9 Å². The highest BCUT2D eigenvalue weighted by Crippen LogP contribution is 2.42. The minimum Gasteiger partial charge on any atom is -0.507 e. The van der Waals surface area contributed by atoms with Crippen molar-refractivity contribution in [2.45, 2.75) is 13.0 Å². The lowest BCUT2D eigenvalue weighted by Gasteiger charge is -2.25. The molecule has 0 bridgehead atoms. The molecule has 1 N–H and O–H groups in total. The Balaban J connectivity index is 1.84. The molecule has 4 rings (SSSR count). The molecular formula is C27H22ClNO6. The van der Waals surface area contributed by atoms with E-state index in [1.54, 1.807) is 67.6 Å². The summed E-state index contributed by atoms with van der Waals surface area (Å²) in [5.41, 5.74) is 1.58. The number of anilines is 1. The van der Waals surface area contributed by atoms with Gasteiger partial charge in [-0.05, 0) is 73.2 Å². The minimum absolute atomic E-state index is 0.0584. The van der Waals surface area contributed by atoms with E-state index in [1.165, 1.54) is 24.1 Å². The molecule has 7 nitrogen and oxygen atoms in total. The summed E-state index contributed by atoms with van der Waals surface area (Å²) in [5.74, 6) is -1.85. The highest BCUT2D eigenvalue weighted by Gasteiger charge is 2.47. The van der Waals surface area contributed by atoms with Crippen molar-refractivity contribution in [2.24, 2.45) is 0 Å². The first-order valence-electron chi connectivity index (χ1n) is 10.8. The maximum Gasteiger partial charge on any atom is 0.338 e. The number of ether oxygens (including phenoxy) is 2. The predicted molar refractivity (Wildman–Crippen MR) is 132 cm³/mol. The zero-order valence-electron chi connectivity index (χ0n) is 19.0. The lowest BCUT2D eigenvalue weighted by molar-refractivity contribution is -0.132. The van der Waals surface area contributed by atoms with Gasteiger partial charge in [-0.15, -0.1) is 0 Å². The van der Waals surface area contributed by atoms with Crippen LogP contribution in [0.3, 0.4) is 0 Å². The van der Waals surface area contributed by atoms with Gasteiger partial charge < -0.3 is 14.6 Å². The SMILES string of the molecule is CCOC(=O)c1ccc(N2C(=O)C(=O)/C(=C(/O)c3ccc(OC)cc3)[C@H]2c2ccc(Cl)cc2)cc1. The molecule has 35 heavy (non-hydrogen) atoms. The molecule has 0 aromatic heterocycles. The van der Waals surface area contributed by atoms with E-state index in [4.69, 9.17) is 21.1 Å². The third-order valence-corrected chi connectivity index (χ3v) is 5.90. The normalized spacial score (nSPS) is 16.9. The molecule has 1 amide bonds. The summed E-state index contributed by atoms with van der Waals surface area (Å²) in [7, 11) is 1.52. The number of carbonyl (C=O) groups excluding carboxylic acids is 3. The smallest absolute Gasteiger partial charge is 0.338 e. The van der Waals surface area contributed by atoms with Crippen molar-refractivity contribution in [3.8, 4) is 5.75 Å². The number of aliphatic hydroxyl groups excluding tert-OH is 1. The Bertz CT molecular complexity index is 1300. The van der Waals surface area contributed by atoms with Gasteiger partial charge in [0.25, 0.3) is 11.7 Å². The van der Waals surface area contributed by atoms with Gasteiger partial charge in [-0.2, -0.15) is 0 Å². The Labute approximate surface area is 207 Å². The van der Waals surface area contributed by atoms with Crippen LogP contribution in [0.15, 0.2) is 78.4 Å². The Hall–Kier alpha value is -4.10. The van der Waals surface area contributed by atoms with Gasteiger partial charge in [0.15, 0.2) is 0 Å². The number of esters is 1. The van der Waals surface area contributed by atoms with E-state index >= 15 is 0 Å². The zero-order valence-corrected chi connectivity index (χ0v) is 19.8. The summed E-state index contributed by atoms with van der Waals surface area (Å²) in [5, 5.41) is 11.6. The number of aliphatic hydroxyl groups is 1. The number of hydrogen-bond donors (Lipinski definition) is 1. The molecule has 0 spiro atoms. The number of ketones is 1. The summed E-state index contributed by atoms with van der Waals surface area (Å²) in [4.78, 5) is 39.8. The van der Waals surface area contributed by atoms with Crippen molar-refractivity contribution >= 4 is 40.7 Å². The van der Waals surface area contributed by atoms with Crippen LogP contribution in [-0.4, -0.2) is 36.5 Å². The van der Waals surface area contributed by atoms with Crippen molar-refractivity contribution < 1.29 is 29.0 Å². The topological polar surface area (TPSA) is 93.1 Å². The van der Waals surface area contributed by atoms with Crippen LogP contribution in [0.5, 0.6) is 5.75 Å². The molecule has 0 saturated carbocycles. The first-order chi connectivity index (χ1) is 16.8. The average molecular weight is 492 g/mol. The second kappa shape index (κ2) is 10.0. The van der Waals surface area contributed by atoms with Crippen LogP contribution in [0.2, 0.25) is 5.02 Å². The fourth-order valence-electron chi connectivity index (χ4n) is 3.94. The molecular weight excluding hydrogens is 470 g/mol. The van der Waals surface area contributed by atoms with E-state index < -0.39 is 23.7 Å². The van der Waals surface area contributed by atoms with Gasteiger partial charge in [-0.1, -0.05) is 23.7 Å². The quantitative estimate of drug-likeness (QED) is 0.222. The molecule has 0 unspecified atom stereocenters. The Morgan fingerprint density at radius 3 is 2.11 bits per heavy atom. The molecule has 1 atom stereocenters. The van der Waals surface area contributed by atoms with E-state index in [0.717, 1.165) is 0 Å². The maximum absolute atomic E-state index is 13.2. The summed E-state index contributed by atoms with van der Waals surface area (Å²) in [6, 6.07) is 18.5. The maximum atomic E-state index is 13.2. The van der Waals surface area contributed by atoms with E-state index in [2.05, 4.69) is 0 Å². The van der Waals surface area contributed by atoms with Crippen molar-refractivity contribution in [3.63, 3.8) is 0 Å². The van der Waals surface area contributed by atoms with Crippen molar-refractivity contribution in [1.82, 2.24) is 0 Å². The van der Waals surface area contributed by atoms with Crippen LogP contribution in [0.4, 0.5) is 5.69 Å². The molecule has 1 aliphatic heterocycles. The minimum atomic E-state index is -0.914. The fourth-order valence-corrected chi connectivity index (χ4v) is 4.06. The molecule has 3 aromatic rings. The molecule has 0 radical (unpaired) electrons. The second-order valence-corrected chi connectivity index (χ2v) is 8.15. The fraction of sp³-hybridized carbons (Fsp3) is 0.148. The number of benzene rings is 3. The number of Topliss-reactive ketones (excluding diaryl/α,β-unsaturated/α-hetero) is 1. The van der Waals surface area contributed by atoms with Gasteiger partial charge in [0.2, 0.25) is 0 Å². The van der Waals surface area contributed by atoms with Crippen LogP contribution in [0.25, 0.3) is 5.76 Å². The third-order valence-electron chi connectivity index (χ3n) is 5.65. The van der Waals surface area contributed by atoms with E-state index in [1.807, 2.05) is 0 Å². The number of nitrogens with zero attached hydrogens (tertiary/aromatic N) is 1. The van der Waals surface area contributed by atoms with E-state index in [-0.39, 0.29) is 17.9 Å². The number of halogens is 1. The highest BCUT2D eigenvalue weighted by molar-refractivity contribution is 6.51. The number of methoxy groups -OCH3 is 1.